The summed E-state index contributed by atoms with van der Waals surface area (Å²) in [5, 5.41) is 94.6. The Balaban J connectivity index is 1.91. The Hall–Kier alpha value is -1.66. The van der Waals surface area contributed by atoms with Crippen LogP contribution >= 0.6 is 0 Å². The predicted octanol–water partition coefficient (Wildman–Crippen LogP) is -5.67. The normalized spacial score (nSPS) is 41.6. The van der Waals surface area contributed by atoms with Gasteiger partial charge in [-0.3, -0.25) is 9.59 Å². The highest BCUT2D eigenvalue weighted by Gasteiger charge is 2.55. The van der Waals surface area contributed by atoms with E-state index in [4.69, 9.17) is 28.4 Å². The van der Waals surface area contributed by atoms with Crippen LogP contribution in [-0.4, -0.2) is 183 Å². The molecule has 3 saturated heterocycles. The van der Waals surface area contributed by atoms with Crippen molar-refractivity contribution in [1.82, 2.24) is 5.32 Å². The van der Waals surface area contributed by atoms with Crippen molar-refractivity contribution < 1.29 is 88.7 Å². The minimum absolute atomic E-state index is 0.0467. The number of carbonyl (C=O) groups excluding carboxylic acids is 2. The fourth-order valence-electron chi connectivity index (χ4n) is 5.43. The molecule has 3 heterocycles. The van der Waals surface area contributed by atoms with Crippen LogP contribution in [0.4, 0.5) is 0 Å². The van der Waals surface area contributed by atoms with E-state index >= 15 is 0 Å². The second-order valence-corrected chi connectivity index (χ2v) is 11.3. The number of rotatable bonds is 15. The molecule has 3 aliphatic rings. The van der Waals surface area contributed by atoms with Gasteiger partial charge >= 0.3 is 5.97 Å². The first kappa shape index (κ1) is 38.8. The summed E-state index contributed by atoms with van der Waals surface area (Å²) in [4.78, 5) is 23.7. The van der Waals surface area contributed by atoms with Crippen molar-refractivity contribution in [3.05, 3.63) is 0 Å². The van der Waals surface area contributed by atoms with Gasteiger partial charge in [0, 0.05) is 20.0 Å². The lowest BCUT2D eigenvalue weighted by molar-refractivity contribution is -0.374. The van der Waals surface area contributed by atoms with Crippen LogP contribution in [-0.2, 0) is 42.7 Å². The third-order valence-electron chi connectivity index (χ3n) is 8.01. The molecule has 0 radical (unpaired) electrons. The van der Waals surface area contributed by atoms with Crippen LogP contribution in [0.3, 0.4) is 0 Å². The van der Waals surface area contributed by atoms with Gasteiger partial charge in [-0.25, -0.2) is 0 Å². The van der Waals surface area contributed by atoms with Gasteiger partial charge in [0.15, 0.2) is 18.9 Å². The highest BCUT2D eigenvalue weighted by atomic mass is 16.8. The van der Waals surface area contributed by atoms with Crippen LogP contribution in [0, 0.1) is 0 Å². The summed E-state index contributed by atoms with van der Waals surface area (Å²) in [6, 6.07) is -1.31. The van der Waals surface area contributed by atoms with Crippen LogP contribution < -0.4 is 5.32 Å². The standard InChI is InChI=1S/C27H47NO18/c1-11(32)28-16-24(46-27-22(39)20(37)18(35)13(9-30)43-27)23(45-26-21(38)19(36)17(34)12(8-29)42-26)14(10-31)44-25(16)41-7-5-3-4-6-15(33)40-2/h12-14,16-27,29-31,34-39H,3-10H2,1-2H3,(H,28,32)/t12-,13+,14-,16-,17+,18-,19+,20-,21-,22+,23-,24-,25-,26+,27+/m1/s1. The van der Waals surface area contributed by atoms with Gasteiger partial charge in [-0.2, -0.15) is 0 Å². The maximum atomic E-state index is 12.4. The first-order valence-corrected chi connectivity index (χ1v) is 15.0. The van der Waals surface area contributed by atoms with Gasteiger partial charge in [0.25, 0.3) is 0 Å². The smallest absolute Gasteiger partial charge is 0.305 e. The van der Waals surface area contributed by atoms with E-state index in [9.17, 15) is 55.5 Å². The van der Waals surface area contributed by atoms with E-state index in [1.54, 1.807) is 0 Å². The molecule has 0 unspecified atom stereocenters. The molecule has 0 aromatic rings. The molecule has 3 fully saturated rings. The molecule has 15 atom stereocenters. The Morgan fingerprint density at radius 2 is 1.15 bits per heavy atom. The second-order valence-electron chi connectivity index (χ2n) is 11.3. The van der Waals surface area contributed by atoms with E-state index in [0.717, 1.165) is 0 Å². The molecule has 0 spiro atoms. The summed E-state index contributed by atoms with van der Waals surface area (Å²) in [7, 11) is 1.28. The lowest BCUT2D eigenvalue weighted by Gasteiger charge is -2.50. The topological polar surface area (TPSA) is 293 Å². The molecule has 10 N–H and O–H groups in total. The summed E-state index contributed by atoms with van der Waals surface area (Å²) >= 11 is 0. The third-order valence-corrected chi connectivity index (χ3v) is 8.01. The molecule has 0 aromatic heterocycles. The number of unbranched alkanes of at least 4 members (excludes halogenated alkanes) is 2. The van der Waals surface area contributed by atoms with Gasteiger partial charge in [0.05, 0.1) is 26.9 Å². The Morgan fingerprint density at radius 3 is 1.63 bits per heavy atom. The average Bonchev–Trinajstić information content (AvgIpc) is 3.04. The molecular weight excluding hydrogens is 626 g/mol. The molecule has 0 saturated carbocycles. The Kier molecular flexibility index (Phi) is 15.3. The molecule has 19 nitrogen and oxygen atoms in total. The lowest BCUT2D eigenvalue weighted by Crippen LogP contribution is -2.70. The van der Waals surface area contributed by atoms with Crippen LogP contribution in [0.25, 0.3) is 0 Å². The zero-order chi connectivity index (χ0) is 34.1. The molecule has 3 aliphatic heterocycles. The number of carbonyl (C=O) groups is 2. The first-order valence-electron chi connectivity index (χ1n) is 15.0. The van der Waals surface area contributed by atoms with Crippen molar-refractivity contribution in [3.8, 4) is 0 Å². The number of ether oxygens (including phenoxy) is 7. The molecule has 268 valence electrons. The third kappa shape index (κ3) is 9.49. The lowest BCUT2D eigenvalue weighted by atomic mass is 9.94. The SMILES string of the molecule is COC(=O)CCCCCO[C@@H]1O[C@H](CO)[C@@H](O[C@@H]2O[C@H](CO)[C@H](O)[C@H](O)[C@H]2O)[C@H](O[C@@H]2O[C@@H](CO)[C@@H](O)[C@@H](O)[C@@H]2O)[C@H]1NC(C)=O. The summed E-state index contributed by atoms with van der Waals surface area (Å²) in [5.41, 5.74) is 0. The zero-order valence-electron chi connectivity index (χ0n) is 25.5. The number of methoxy groups -OCH3 is 1. The number of aliphatic hydroxyl groups excluding tert-OH is 9. The Bertz CT molecular complexity index is 942. The monoisotopic (exact) mass is 673 g/mol. The minimum atomic E-state index is -1.90. The highest BCUT2D eigenvalue weighted by Crippen LogP contribution is 2.34. The van der Waals surface area contributed by atoms with Gasteiger partial charge in [0.2, 0.25) is 5.91 Å². The van der Waals surface area contributed by atoms with Crippen LogP contribution in [0.15, 0.2) is 0 Å². The fraction of sp³-hybridized carbons (Fsp3) is 0.926. The zero-order valence-corrected chi connectivity index (χ0v) is 25.5. The van der Waals surface area contributed by atoms with Crippen LogP contribution in [0.5, 0.6) is 0 Å². The average molecular weight is 674 g/mol. The largest absolute Gasteiger partial charge is 0.469 e. The van der Waals surface area contributed by atoms with Crippen molar-refractivity contribution >= 4 is 11.9 Å². The maximum absolute atomic E-state index is 12.4. The van der Waals surface area contributed by atoms with Gasteiger partial charge in [-0.15, -0.1) is 0 Å². The van der Waals surface area contributed by atoms with Crippen molar-refractivity contribution in [2.75, 3.05) is 33.5 Å². The second kappa shape index (κ2) is 18.2. The minimum Gasteiger partial charge on any atom is -0.469 e. The fourth-order valence-corrected chi connectivity index (χ4v) is 5.43. The van der Waals surface area contributed by atoms with Gasteiger partial charge < -0.3 is 84.4 Å². The van der Waals surface area contributed by atoms with Crippen molar-refractivity contribution in [1.29, 1.82) is 0 Å². The molecule has 19 heteroatoms. The quantitative estimate of drug-likeness (QED) is 0.0572. The van der Waals surface area contributed by atoms with Crippen LogP contribution in [0.2, 0.25) is 0 Å². The van der Waals surface area contributed by atoms with Gasteiger partial charge in [-0.1, -0.05) is 6.42 Å². The molecule has 46 heavy (non-hydrogen) atoms. The number of hydrogen-bond acceptors (Lipinski definition) is 18. The molecule has 0 aromatic carbocycles. The summed E-state index contributed by atoms with van der Waals surface area (Å²) in [6.07, 6.45) is -21.2. The van der Waals surface area contributed by atoms with Gasteiger partial charge in [0.1, 0.15) is 73.2 Å². The number of esters is 1. The molecule has 1 amide bonds. The molecule has 3 rings (SSSR count). The van der Waals surface area contributed by atoms with Crippen molar-refractivity contribution in [2.45, 2.75) is 125 Å². The molecule has 0 bridgehead atoms. The van der Waals surface area contributed by atoms with E-state index in [1.807, 2.05) is 0 Å². The van der Waals surface area contributed by atoms with Crippen LogP contribution in [0.1, 0.15) is 32.6 Å². The van der Waals surface area contributed by atoms with E-state index < -0.39 is 118 Å². The first-order chi connectivity index (χ1) is 21.9. The van der Waals surface area contributed by atoms with Crippen molar-refractivity contribution in [3.63, 3.8) is 0 Å². The molecular formula is C27H47NO18. The Morgan fingerprint density at radius 1 is 0.652 bits per heavy atom. The maximum Gasteiger partial charge on any atom is 0.305 e. The molecule has 0 aliphatic carbocycles. The van der Waals surface area contributed by atoms with Gasteiger partial charge in [-0.05, 0) is 12.8 Å². The van der Waals surface area contributed by atoms with E-state index in [-0.39, 0.29) is 19.0 Å². The number of nitrogens with one attached hydrogen (secondary N) is 1. The number of hydrogen-bond donors (Lipinski definition) is 10. The summed E-state index contributed by atoms with van der Waals surface area (Å²) in [5.74, 6) is -0.983. The highest BCUT2D eigenvalue weighted by molar-refractivity contribution is 5.73. The predicted molar refractivity (Wildman–Crippen MR) is 147 cm³/mol. The Labute approximate surface area is 264 Å². The van der Waals surface area contributed by atoms with Crippen molar-refractivity contribution in [2.24, 2.45) is 0 Å². The van der Waals surface area contributed by atoms with E-state index in [1.165, 1.54) is 14.0 Å². The summed E-state index contributed by atoms with van der Waals surface area (Å²) in [6.45, 7) is -1.11. The number of amides is 1. The summed E-state index contributed by atoms with van der Waals surface area (Å²) < 4.78 is 39.4. The van der Waals surface area contributed by atoms with E-state index in [2.05, 4.69) is 10.1 Å². The van der Waals surface area contributed by atoms with E-state index in [0.29, 0.717) is 19.3 Å². The number of aliphatic hydroxyl groups is 9.